The van der Waals surface area contributed by atoms with Crippen molar-refractivity contribution in [2.75, 3.05) is 10.0 Å². The van der Waals surface area contributed by atoms with Gasteiger partial charge in [0.25, 0.3) is 10.0 Å². The molecule has 0 unspecified atom stereocenters. The molecule has 5 N–H and O–H groups in total. The lowest BCUT2D eigenvalue weighted by molar-refractivity contribution is 0.251. The Hall–Kier alpha value is -3.14. The monoisotopic (exact) mass is 445 g/mol. The minimum atomic E-state index is -3.85. The lowest BCUT2D eigenvalue weighted by atomic mass is 10.2. The van der Waals surface area contributed by atoms with Crippen molar-refractivity contribution >= 4 is 39.0 Å². The van der Waals surface area contributed by atoms with E-state index in [1.807, 2.05) is 6.07 Å². The van der Waals surface area contributed by atoms with E-state index in [0.717, 1.165) is 11.1 Å². The highest BCUT2D eigenvalue weighted by Gasteiger charge is 2.16. The smallest absolute Gasteiger partial charge is 0.319 e. The molecule has 1 heterocycles. The van der Waals surface area contributed by atoms with Crippen LogP contribution in [0.4, 0.5) is 16.2 Å². The predicted molar refractivity (Wildman–Crippen MR) is 117 cm³/mol. The fourth-order valence-electron chi connectivity index (χ4n) is 2.55. The molecule has 3 aromatic rings. The summed E-state index contributed by atoms with van der Waals surface area (Å²) in [7, 11) is -3.85. The molecule has 0 saturated carbocycles. The molecule has 0 radical (unpaired) electrons. The van der Waals surface area contributed by atoms with Crippen LogP contribution in [0.5, 0.6) is 0 Å². The Balaban J connectivity index is 1.62. The molecule has 0 saturated heterocycles. The number of urea groups is 1. The zero-order chi connectivity index (χ0) is 21.6. The summed E-state index contributed by atoms with van der Waals surface area (Å²) in [5.41, 5.74) is 7.90. The Labute approximate surface area is 179 Å². The molecule has 8 nitrogen and oxygen atoms in total. The molecule has 0 atom stereocenters. The van der Waals surface area contributed by atoms with Crippen LogP contribution in [0.2, 0.25) is 5.02 Å². The van der Waals surface area contributed by atoms with E-state index in [9.17, 15) is 13.2 Å². The van der Waals surface area contributed by atoms with Gasteiger partial charge in [-0.3, -0.25) is 9.71 Å². The molecule has 0 aliphatic carbocycles. The highest BCUT2D eigenvalue weighted by molar-refractivity contribution is 7.92. The molecular formula is C20H20ClN5O3S. The summed E-state index contributed by atoms with van der Waals surface area (Å²) in [6.07, 6.45) is 3.31. The first-order valence-corrected chi connectivity index (χ1v) is 10.8. The van der Waals surface area contributed by atoms with Gasteiger partial charge in [0.05, 0.1) is 15.6 Å². The summed E-state index contributed by atoms with van der Waals surface area (Å²) in [6, 6.07) is 13.8. The third kappa shape index (κ3) is 5.69. The number of benzene rings is 2. The molecule has 1 aromatic heterocycles. The van der Waals surface area contributed by atoms with E-state index >= 15 is 0 Å². The number of anilines is 2. The maximum atomic E-state index is 12.6. The number of aromatic nitrogens is 1. The van der Waals surface area contributed by atoms with Gasteiger partial charge in [-0.25, -0.2) is 13.2 Å². The summed E-state index contributed by atoms with van der Waals surface area (Å²) in [5.74, 6) is 0. The number of hydrogen-bond donors (Lipinski definition) is 4. The highest BCUT2D eigenvalue weighted by Crippen LogP contribution is 2.26. The number of carbonyl (C=O) groups is 1. The number of amides is 2. The highest BCUT2D eigenvalue weighted by atomic mass is 35.5. The molecule has 2 aromatic carbocycles. The van der Waals surface area contributed by atoms with Gasteiger partial charge in [-0.15, -0.1) is 0 Å². The number of nitrogens with one attached hydrogen (secondary N) is 3. The second kappa shape index (κ2) is 9.57. The molecule has 2 amide bonds. The van der Waals surface area contributed by atoms with Crippen LogP contribution in [-0.2, 0) is 23.1 Å². The number of nitrogens with zero attached hydrogens (tertiary/aromatic N) is 1. The van der Waals surface area contributed by atoms with E-state index in [1.54, 1.807) is 36.7 Å². The van der Waals surface area contributed by atoms with Gasteiger partial charge in [0.15, 0.2) is 0 Å². The molecular weight excluding hydrogens is 426 g/mol. The van der Waals surface area contributed by atoms with Gasteiger partial charge < -0.3 is 16.4 Å². The average molecular weight is 446 g/mol. The summed E-state index contributed by atoms with van der Waals surface area (Å²) >= 11 is 6.12. The van der Waals surface area contributed by atoms with Crippen molar-refractivity contribution in [2.24, 2.45) is 5.73 Å². The van der Waals surface area contributed by atoms with Gasteiger partial charge in [-0.1, -0.05) is 23.7 Å². The first kappa shape index (κ1) is 21.6. The van der Waals surface area contributed by atoms with Crippen molar-refractivity contribution in [3.8, 4) is 0 Å². The quantitative estimate of drug-likeness (QED) is 0.443. The van der Waals surface area contributed by atoms with Crippen molar-refractivity contribution in [1.82, 2.24) is 10.3 Å². The van der Waals surface area contributed by atoms with Gasteiger partial charge in [0, 0.05) is 31.2 Å². The minimum absolute atomic E-state index is 0.0304. The largest absolute Gasteiger partial charge is 0.334 e. The fraction of sp³-hybridized carbons (Fsp3) is 0.100. The number of hydrogen-bond acceptors (Lipinski definition) is 5. The standard InChI is InChI=1S/C20H20ClN5O3S/c21-18-10-14(11-22)3-8-19(18)26-30(28,29)17-6-4-16(5-7-17)25-20(27)24-13-15-2-1-9-23-12-15/h1-10,12,26H,11,13,22H2,(H2,24,25,27). The Morgan fingerprint density at radius 2 is 1.83 bits per heavy atom. The third-order valence-electron chi connectivity index (χ3n) is 4.11. The van der Waals surface area contributed by atoms with Crippen LogP contribution >= 0.6 is 11.6 Å². The SMILES string of the molecule is NCc1ccc(NS(=O)(=O)c2ccc(NC(=O)NCc3cccnc3)cc2)c(Cl)c1. The number of pyridine rings is 1. The van der Waals surface area contributed by atoms with Crippen LogP contribution in [0.15, 0.2) is 71.9 Å². The lowest BCUT2D eigenvalue weighted by Crippen LogP contribution is -2.28. The molecule has 30 heavy (non-hydrogen) atoms. The van der Waals surface area contributed by atoms with Crippen LogP contribution in [0.1, 0.15) is 11.1 Å². The number of halogens is 1. The van der Waals surface area contributed by atoms with E-state index in [0.29, 0.717) is 18.8 Å². The summed E-state index contributed by atoms with van der Waals surface area (Å²) in [5, 5.41) is 5.59. The van der Waals surface area contributed by atoms with Gasteiger partial charge in [-0.2, -0.15) is 0 Å². The van der Waals surface area contributed by atoms with Crippen molar-refractivity contribution in [3.05, 3.63) is 83.1 Å². The summed E-state index contributed by atoms with van der Waals surface area (Å²) in [4.78, 5) is 16.0. The normalized spacial score (nSPS) is 11.0. The predicted octanol–water partition coefficient (Wildman–Crippen LogP) is 3.32. The van der Waals surface area contributed by atoms with E-state index in [-0.39, 0.29) is 15.6 Å². The molecule has 0 aliphatic heterocycles. The summed E-state index contributed by atoms with van der Waals surface area (Å²) < 4.78 is 27.6. The molecule has 156 valence electrons. The first-order valence-electron chi connectivity index (χ1n) is 8.92. The van der Waals surface area contributed by atoms with E-state index in [2.05, 4.69) is 20.3 Å². The van der Waals surface area contributed by atoms with Crippen LogP contribution < -0.4 is 21.1 Å². The van der Waals surface area contributed by atoms with E-state index in [1.165, 1.54) is 24.3 Å². The maximum Gasteiger partial charge on any atom is 0.319 e. The summed E-state index contributed by atoms with van der Waals surface area (Å²) in [6.45, 7) is 0.622. The Morgan fingerprint density at radius 3 is 2.47 bits per heavy atom. The Morgan fingerprint density at radius 1 is 1.07 bits per heavy atom. The van der Waals surface area contributed by atoms with Gasteiger partial charge in [0.1, 0.15) is 0 Å². The van der Waals surface area contributed by atoms with E-state index < -0.39 is 16.1 Å². The van der Waals surface area contributed by atoms with Crippen molar-refractivity contribution in [2.45, 2.75) is 18.0 Å². The van der Waals surface area contributed by atoms with Crippen LogP contribution in [0.3, 0.4) is 0 Å². The zero-order valence-corrected chi connectivity index (χ0v) is 17.4. The Bertz CT molecular complexity index is 1120. The van der Waals surface area contributed by atoms with Crippen LogP contribution in [-0.4, -0.2) is 19.4 Å². The number of sulfonamides is 1. The number of rotatable bonds is 7. The molecule has 0 bridgehead atoms. The van der Waals surface area contributed by atoms with Crippen LogP contribution in [0.25, 0.3) is 0 Å². The molecule has 0 aliphatic rings. The topological polar surface area (TPSA) is 126 Å². The fourth-order valence-corrected chi connectivity index (χ4v) is 3.94. The van der Waals surface area contributed by atoms with E-state index in [4.69, 9.17) is 17.3 Å². The molecule has 0 spiro atoms. The zero-order valence-electron chi connectivity index (χ0n) is 15.8. The molecule has 0 fully saturated rings. The first-order chi connectivity index (χ1) is 14.4. The van der Waals surface area contributed by atoms with Crippen molar-refractivity contribution < 1.29 is 13.2 Å². The number of nitrogens with two attached hydrogens (primary N) is 1. The molecule has 10 heteroatoms. The molecule has 3 rings (SSSR count). The minimum Gasteiger partial charge on any atom is -0.334 e. The lowest BCUT2D eigenvalue weighted by Gasteiger charge is -2.12. The average Bonchev–Trinajstić information content (AvgIpc) is 2.75. The second-order valence-electron chi connectivity index (χ2n) is 6.32. The van der Waals surface area contributed by atoms with Crippen molar-refractivity contribution in [1.29, 1.82) is 0 Å². The van der Waals surface area contributed by atoms with Gasteiger partial charge in [0.2, 0.25) is 0 Å². The third-order valence-corrected chi connectivity index (χ3v) is 5.81. The second-order valence-corrected chi connectivity index (χ2v) is 8.41. The Kier molecular flexibility index (Phi) is 6.88. The maximum absolute atomic E-state index is 12.6. The van der Waals surface area contributed by atoms with Crippen LogP contribution in [0, 0.1) is 0 Å². The van der Waals surface area contributed by atoms with Gasteiger partial charge >= 0.3 is 6.03 Å². The van der Waals surface area contributed by atoms with Crippen molar-refractivity contribution in [3.63, 3.8) is 0 Å². The number of carbonyl (C=O) groups excluding carboxylic acids is 1. The van der Waals surface area contributed by atoms with Gasteiger partial charge in [-0.05, 0) is 53.6 Å².